The molecule has 11 heavy (non-hydrogen) atoms. The molecule has 3 heteroatoms. The highest BCUT2D eigenvalue weighted by Gasteiger charge is 2.11. The molecule has 0 aromatic heterocycles. The maximum Gasteiger partial charge on any atom is 0.0672 e. The summed E-state index contributed by atoms with van der Waals surface area (Å²) in [5.41, 5.74) is 0. The smallest absolute Gasteiger partial charge is 0.0672 e. The third kappa shape index (κ3) is 5.87. The summed E-state index contributed by atoms with van der Waals surface area (Å²) >= 11 is 2.11. The third-order valence-corrected chi connectivity index (χ3v) is 2.64. The van der Waals surface area contributed by atoms with Gasteiger partial charge in [-0.2, -0.15) is 0 Å². The topological polar surface area (TPSA) is 32.3 Å². The minimum atomic E-state index is -0.233. The summed E-state index contributed by atoms with van der Waals surface area (Å²) in [6.07, 6.45) is 4.56. The summed E-state index contributed by atoms with van der Waals surface area (Å²) in [6.45, 7) is 4.02. The van der Waals surface area contributed by atoms with Gasteiger partial charge in [0, 0.05) is 28.9 Å². The molecule has 0 heterocycles. The fourth-order valence-corrected chi connectivity index (χ4v) is 1.83. The average molecular weight is 271 g/mol. The fourth-order valence-electron chi connectivity index (χ4n) is 1.00. The van der Waals surface area contributed by atoms with Crippen molar-refractivity contribution in [3.8, 4) is 0 Å². The molecule has 68 valence electrons. The number of nitrogens with one attached hydrogen (secondary N) is 1. The van der Waals surface area contributed by atoms with Gasteiger partial charge < -0.3 is 5.11 Å². The predicted molar refractivity (Wildman–Crippen MR) is 56.8 cm³/mol. The van der Waals surface area contributed by atoms with Crippen LogP contribution in [0.5, 0.6) is 0 Å². The second-order valence-corrected chi connectivity index (χ2v) is 3.57. The summed E-state index contributed by atoms with van der Waals surface area (Å²) in [5.74, 6) is 0. The summed E-state index contributed by atoms with van der Waals surface area (Å²) in [4.78, 5) is 0. The molecule has 0 amide bonds. The molecule has 0 aromatic rings. The van der Waals surface area contributed by atoms with E-state index in [9.17, 15) is 5.11 Å². The second kappa shape index (κ2) is 7.31. The van der Waals surface area contributed by atoms with Crippen LogP contribution in [0.1, 0.15) is 39.5 Å². The Balaban J connectivity index is 3.36. The molecule has 0 aliphatic heterocycles. The second-order valence-electron chi connectivity index (χ2n) is 2.95. The monoisotopic (exact) mass is 271 g/mol. The van der Waals surface area contributed by atoms with E-state index < -0.39 is 0 Å². The minimum absolute atomic E-state index is 0.233. The first-order chi connectivity index (χ1) is 5.22. The van der Waals surface area contributed by atoms with Crippen molar-refractivity contribution in [2.24, 2.45) is 0 Å². The van der Waals surface area contributed by atoms with Crippen LogP contribution in [0, 0.1) is 0 Å². The van der Waals surface area contributed by atoms with Crippen molar-refractivity contribution in [3.05, 3.63) is 0 Å². The van der Waals surface area contributed by atoms with Crippen LogP contribution in [-0.2, 0) is 0 Å². The van der Waals surface area contributed by atoms with Crippen molar-refractivity contribution in [2.75, 3.05) is 0 Å². The Morgan fingerprint density at radius 2 is 2.09 bits per heavy atom. The van der Waals surface area contributed by atoms with Gasteiger partial charge in [-0.25, -0.2) is 0 Å². The van der Waals surface area contributed by atoms with E-state index in [1.165, 1.54) is 19.3 Å². The Hall–Kier alpha value is 0.650. The summed E-state index contributed by atoms with van der Waals surface area (Å²) in [6, 6.07) is 0.266. The molecule has 2 nitrogen and oxygen atoms in total. The summed E-state index contributed by atoms with van der Waals surface area (Å²) < 4.78 is 3.08. The maximum absolute atomic E-state index is 9.24. The molecule has 0 radical (unpaired) electrons. The van der Waals surface area contributed by atoms with E-state index in [1.54, 1.807) is 0 Å². The quantitative estimate of drug-likeness (QED) is 0.441. The van der Waals surface area contributed by atoms with Crippen LogP contribution < -0.4 is 3.53 Å². The van der Waals surface area contributed by atoms with Crippen molar-refractivity contribution in [3.63, 3.8) is 0 Å². The SMILES string of the molecule is CCCCCC(NI)C(C)O. The molecule has 2 N–H and O–H groups in total. The highest BCUT2D eigenvalue weighted by atomic mass is 127. The van der Waals surface area contributed by atoms with E-state index in [0.717, 1.165) is 6.42 Å². The molecule has 0 spiro atoms. The molecule has 0 bridgehead atoms. The third-order valence-electron chi connectivity index (χ3n) is 1.84. The zero-order valence-electron chi connectivity index (χ0n) is 7.31. The van der Waals surface area contributed by atoms with Crippen molar-refractivity contribution >= 4 is 22.9 Å². The van der Waals surface area contributed by atoms with Gasteiger partial charge in [0.1, 0.15) is 0 Å². The molecular formula is C8H18INO. The Bertz CT molecular complexity index is 88.2. The van der Waals surface area contributed by atoms with Gasteiger partial charge in [0.15, 0.2) is 0 Å². The van der Waals surface area contributed by atoms with Gasteiger partial charge in [0.25, 0.3) is 0 Å². The molecule has 2 atom stereocenters. The minimum Gasteiger partial charge on any atom is -0.392 e. The van der Waals surface area contributed by atoms with Gasteiger partial charge in [0.2, 0.25) is 0 Å². The highest BCUT2D eigenvalue weighted by molar-refractivity contribution is 14.1. The number of hydrogen-bond donors (Lipinski definition) is 2. The van der Waals surface area contributed by atoms with Gasteiger partial charge in [-0.1, -0.05) is 26.2 Å². The van der Waals surface area contributed by atoms with E-state index in [-0.39, 0.29) is 12.1 Å². The number of aliphatic hydroxyl groups is 1. The van der Waals surface area contributed by atoms with E-state index >= 15 is 0 Å². The van der Waals surface area contributed by atoms with E-state index in [0.29, 0.717) is 0 Å². The Morgan fingerprint density at radius 3 is 2.45 bits per heavy atom. The van der Waals surface area contributed by atoms with Crippen molar-refractivity contribution in [1.29, 1.82) is 0 Å². The van der Waals surface area contributed by atoms with Crippen LogP contribution in [0.3, 0.4) is 0 Å². The number of halogens is 1. The largest absolute Gasteiger partial charge is 0.392 e. The maximum atomic E-state index is 9.24. The van der Waals surface area contributed by atoms with Gasteiger partial charge in [-0.05, 0) is 13.3 Å². The van der Waals surface area contributed by atoms with Gasteiger partial charge in [0.05, 0.1) is 6.10 Å². The standard InChI is InChI=1S/C8H18INO/c1-3-4-5-6-8(10-9)7(2)11/h7-8,10-11H,3-6H2,1-2H3. The van der Waals surface area contributed by atoms with Crippen LogP contribution in [0.4, 0.5) is 0 Å². The highest BCUT2D eigenvalue weighted by Crippen LogP contribution is 2.07. The number of rotatable bonds is 6. The molecule has 0 aliphatic rings. The van der Waals surface area contributed by atoms with Crippen LogP contribution in [-0.4, -0.2) is 17.3 Å². The van der Waals surface area contributed by atoms with E-state index in [1.807, 2.05) is 6.92 Å². The molecular weight excluding hydrogens is 253 g/mol. The molecule has 0 fully saturated rings. The lowest BCUT2D eigenvalue weighted by Crippen LogP contribution is -2.32. The van der Waals surface area contributed by atoms with Crippen LogP contribution in [0.15, 0.2) is 0 Å². The first-order valence-electron chi connectivity index (χ1n) is 4.26. The van der Waals surface area contributed by atoms with Crippen molar-refractivity contribution < 1.29 is 5.11 Å². The molecule has 2 unspecified atom stereocenters. The van der Waals surface area contributed by atoms with Crippen molar-refractivity contribution in [2.45, 2.75) is 51.7 Å². The molecule has 0 aromatic carbocycles. The van der Waals surface area contributed by atoms with Crippen LogP contribution in [0.2, 0.25) is 0 Å². The van der Waals surface area contributed by atoms with E-state index in [4.69, 9.17) is 0 Å². The normalized spacial score (nSPS) is 16.4. The first kappa shape index (κ1) is 11.6. The Labute approximate surface area is 83.3 Å². The lowest BCUT2D eigenvalue weighted by Gasteiger charge is -2.17. The Kier molecular flexibility index (Phi) is 7.74. The summed E-state index contributed by atoms with van der Waals surface area (Å²) in [5, 5.41) is 9.24. The lowest BCUT2D eigenvalue weighted by molar-refractivity contribution is 0.153. The first-order valence-corrected chi connectivity index (χ1v) is 5.34. The van der Waals surface area contributed by atoms with Gasteiger partial charge >= 0.3 is 0 Å². The number of unbranched alkanes of at least 4 members (excludes halogenated alkanes) is 2. The zero-order chi connectivity index (χ0) is 8.69. The van der Waals surface area contributed by atoms with Crippen LogP contribution >= 0.6 is 22.9 Å². The zero-order valence-corrected chi connectivity index (χ0v) is 9.47. The molecule has 0 rings (SSSR count). The van der Waals surface area contributed by atoms with Gasteiger partial charge in [-0.3, -0.25) is 3.53 Å². The predicted octanol–water partition coefficient (Wildman–Crippen LogP) is 2.26. The molecule has 0 saturated heterocycles. The Morgan fingerprint density at radius 1 is 1.45 bits per heavy atom. The summed E-state index contributed by atoms with van der Waals surface area (Å²) in [7, 11) is 0. The molecule has 0 saturated carbocycles. The average Bonchev–Trinajstić information content (AvgIpc) is 1.97. The van der Waals surface area contributed by atoms with Gasteiger partial charge in [-0.15, -0.1) is 0 Å². The molecule has 0 aliphatic carbocycles. The number of aliphatic hydroxyl groups excluding tert-OH is 1. The van der Waals surface area contributed by atoms with E-state index in [2.05, 4.69) is 33.3 Å². The van der Waals surface area contributed by atoms with Crippen molar-refractivity contribution in [1.82, 2.24) is 3.53 Å². The van der Waals surface area contributed by atoms with Crippen LogP contribution in [0.25, 0.3) is 0 Å². The fraction of sp³-hybridized carbons (Fsp3) is 1.00. The lowest BCUT2D eigenvalue weighted by atomic mass is 10.1. The number of hydrogen-bond acceptors (Lipinski definition) is 2.